The Kier molecular flexibility index (Phi) is 16.3. The number of nitriles is 2. The highest BCUT2D eigenvalue weighted by atomic mass is 19.1. The lowest BCUT2D eigenvalue weighted by Gasteiger charge is -2.15. The normalized spacial score (nSPS) is 16.5. The summed E-state index contributed by atoms with van der Waals surface area (Å²) in [4.78, 5) is 41.3. The minimum absolute atomic E-state index is 0.0370. The third-order valence-corrected chi connectivity index (χ3v) is 17.5. The van der Waals surface area contributed by atoms with E-state index in [1.54, 1.807) is 36.4 Å². The van der Waals surface area contributed by atoms with Crippen LogP contribution in [0.3, 0.4) is 0 Å². The van der Waals surface area contributed by atoms with Crippen molar-refractivity contribution in [3.05, 3.63) is 225 Å². The fraction of sp³-hybridized carbons (Fsp3) is 0.257. The molecule has 0 radical (unpaired) electrons. The number of aromatic nitrogens is 6. The topological polar surface area (TPSA) is 221 Å². The van der Waals surface area contributed by atoms with Crippen LogP contribution in [0.15, 0.2) is 133 Å². The molecule has 2 saturated heterocycles. The first-order valence-electron chi connectivity index (χ1n) is 29.6. The van der Waals surface area contributed by atoms with Crippen LogP contribution in [-0.2, 0) is 48.6 Å². The Balaban J connectivity index is 0.000000168. The monoisotopic (exact) mass is 1250 g/mol. The van der Waals surface area contributed by atoms with Gasteiger partial charge >= 0.3 is 11.9 Å². The summed E-state index contributed by atoms with van der Waals surface area (Å²) >= 11 is 0. The molecule has 2 saturated carbocycles. The Morgan fingerprint density at radius 2 is 0.924 bits per heavy atom. The molecule has 2 aliphatic heterocycles. The number of ether oxygens (including phenoxy) is 4. The first kappa shape index (κ1) is 60.5. The number of halogens is 6. The van der Waals surface area contributed by atoms with E-state index < -0.39 is 46.8 Å². The molecule has 92 heavy (non-hydrogen) atoms. The lowest BCUT2D eigenvalue weighted by Crippen LogP contribution is -2.18. The number of hydrogen-bond acceptors (Lipinski definition) is 12. The van der Waals surface area contributed by atoms with Crippen molar-refractivity contribution in [1.29, 1.82) is 10.5 Å². The van der Waals surface area contributed by atoms with E-state index in [9.17, 15) is 28.6 Å². The lowest BCUT2D eigenvalue weighted by atomic mass is 10.0. The van der Waals surface area contributed by atoms with Gasteiger partial charge in [0.25, 0.3) is 0 Å². The largest absolute Gasteiger partial charge is 0.478 e. The standard InChI is InChI=1S/2C35H27F3N4O4/c2*36-26-10-20(16-39)4-5-22(26)18-45-33-3-1-2-29(41-33)25-14-27(37)23(11-28(25)38)13-32-40-30-7-6-21(34(43)44)12-31(30)42(32)17-24-15-35(8-9-35)19-46-24/h2*1-7,10-12,14,24H,8-9,13,15,17-19H2,(H,43,44). The molecule has 464 valence electrons. The van der Waals surface area contributed by atoms with Crippen molar-refractivity contribution < 1.29 is 65.1 Å². The number of nitrogens with zero attached hydrogens (tertiary/aromatic N) is 8. The molecular weight excluding hydrogens is 1190 g/mol. The third-order valence-electron chi connectivity index (χ3n) is 17.5. The molecule has 2 unspecified atom stereocenters. The van der Waals surface area contributed by atoms with Crippen molar-refractivity contribution in [3.8, 4) is 46.4 Å². The van der Waals surface area contributed by atoms with Crippen LogP contribution in [0, 0.1) is 68.4 Å². The first-order valence-corrected chi connectivity index (χ1v) is 29.6. The summed E-state index contributed by atoms with van der Waals surface area (Å²) in [6.45, 7) is 1.86. The van der Waals surface area contributed by atoms with Gasteiger partial charge in [-0.25, -0.2) is 55.9 Å². The lowest BCUT2D eigenvalue weighted by molar-refractivity contribution is 0.0686. The summed E-state index contributed by atoms with van der Waals surface area (Å²) in [6.07, 6.45) is 6.02. The van der Waals surface area contributed by atoms with E-state index in [1.165, 1.54) is 60.7 Å². The van der Waals surface area contributed by atoms with Crippen molar-refractivity contribution in [2.45, 2.75) is 89.9 Å². The first-order chi connectivity index (χ1) is 44.4. The molecule has 6 heterocycles. The molecule has 4 aliphatic rings. The van der Waals surface area contributed by atoms with Gasteiger partial charge in [-0.05, 0) is 158 Å². The van der Waals surface area contributed by atoms with Gasteiger partial charge in [-0.2, -0.15) is 10.5 Å². The number of benzene rings is 6. The quantitative estimate of drug-likeness (QED) is 0.0764. The van der Waals surface area contributed by atoms with Gasteiger partial charge < -0.3 is 38.3 Å². The van der Waals surface area contributed by atoms with Crippen LogP contribution < -0.4 is 9.47 Å². The van der Waals surface area contributed by atoms with Crippen molar-refractivity contribution in [2.24, 2.45) is 10.8 Å². The van der Waals surface area contributed by atoms with Gasteiger partial charge in [0.2, 0.25) is 11.8 Å². The second-order valence-corrected chi connectivity index (χ2v) is 23.9. The van der Waals surface area contributed by atoms with Gasteiger partial charge in [0.05, 0.1) is 106 Å². The van der Waals surface area contributed by atoms with E-state index in [0.29, 0.717) is 60.0 Å². The average molecular weight is 1250 g/mol. The Labute approximate surface area is 521 Å². The van der Waals surface area contributed by atoms with Crippen molar-refractivity contribution in [2.75, 3.05) is 13.2 Å². The molecule has 0 bridgehead atoms. The number of hydrogen-bond donors (Lipinski definition) is 2. The molecule has 2 spiro atoms. The summed E-state index contributed by atoms with van der Waals surface area (Å²) in [5, 5.41) is 37.0. The third kappa shape index (κ3) is 12.8. The number of pyridine rings is 2. The smallest absolute Gasteiger partial charge is 0.335 e. The van der Waals surface area contributed by atoms with E-state index in [-0.39, 0.29) is 128 Å². The van der Waals surface area contributed by atoms with Crippen LogP contribution in [-0.4, -0.2) is 76.6 Å². The van der Waals surface area contributed by atoms with Crippen molar-refractivity contribution in [1.82, 2.24) is 29.1 Å². The van der Waals surface area contributed by atoms with Crippen molar-refractivity contribution >= 4 is 34.0 Å². The number of aromatic carboxylic acids is 2. The number of carboxylic acid groups (broad SMARTS) is 2. The Bertz CT molecular complexity index is 4390. The van der Waals surface area contributed by atoms with E-state index in [4.69, 9.17) is 29.5 Å². The SMILES string of the molecule is N#Cc1ccc(COc2cccc(-c3cc(F)c(Cc4nc5ccc(C(=O)O)cc5n4CC4CC5(CC5)CO4)cc3F)n2)c(F)c1.N#Cc1ccc(COc2cccc(-c3cc(F)c(Cc4nc5ccc(C(=O)O)cc5n4CC4CC5(CC5)CO4)cc3F)n2)c(F)c1. The van der Waals surface area contributed by atoms with Crippen LogP contribution in [0.4, 0.5) is 26.3 Å². The second kappa shape index (κ2) is 24.8. The molecule has 4 fully saturated rings. The fourth-order valence-corrected chi connectivity index (χ4v) is 12.0. The molecular formula is C70H54F6N8O8. The molecule has 6 aromatic carbocycles. The molecule has 16 nitrogen and oxygen atoms in total. The van der Waals surface area contributed by atoms with Gasteiger partial charge in [0.15, 0.2) is 0 Å². The fourth-order valence-electron chi connectivity index (χ4n) is 12.0. The molecule has 10 aromatic rings. The Morgan fingerprint density at radius 1 is 0.511 bits per heavy atom. The van der Waals surface area contributed by atoms with Gasteiger partial charge in [-0.3, -0.25) is 0 Å². The number of imidazole rings is 2. The van der Waals surface area contributed by atoms with Crippen LogP contribution in [0.25, 0.3) is 44.6 Å². The predicted octanol–water partition coefficient (Wildman–Crippen LogP) is 13.6. The van der Waals surface area contributed by atoms with E-state index in [2.05, 4.69) is 19.9 Å². The summed E-state index contributed by atoms with van der Waals surface area (Å²) in [5.41, 5.74) is 4.00. The summed E-state index contributed by atoms with van der Waals surface area (Å²) < 4.78 is 118. The number of fused-ring (bicyclic) bond motifs is 2. The van der Waals surface area contributed by atoms with Gasteiger partial charge in [-0.15, -0.1) is 0 Å². The highest BCUT2D eigenvalue weighted by Crippen LogP contribution is 2.55. The number of rotatable bonds is 18. The summed E-state index contributed by atoms with van der Waals surface area (Å²) in [6, 6.07) is 34.6. The van der Waals surface area contributed by atoms with Gasteiger partial charge in [0, 0.05) is 47.2 Å². The zero-order valence-electron chi connectivity index (χ0n) is 48.9. The average Bonchev–Trinajstić information content (AvgIpc) is 1.61. The van der Waals surface area contributed by atoms with Crippen LogP contribution >= 0.6 is 0 Å². The maximum Gasteiger partial charge on any atom is 0.335 e. The second-order valence-electron chi connectivity index (χ2n) is 23.9. The van der Waals surface area contributed by atoms with Crippen LogP contribution in [0.1, 0.15) is 104 Å². The predicted molar refractivity (Wildman–Crippen MR) is 321 cm³/mol. The number of carboxylic acids is 2. The summed E-state index contributed by atoms with van der Waals surface area (Å²) in [7, 11) is 0. The Hall–Kier alpha value is -10.4. The zero-order chi connectivity index (χ0) is 64.0. The Morgan fingerprint density at radius 3 is 1.29 bits per heavy atom. The molecule has 4 aromatic heterocycles. The van der Waals surface area contributed by atoms with Gasteiger partial charge in [-0.1, -0.05) is 24.3 Å². The molecule has 22 heteroatoms. The molecule has 2 atom stereocenters. The minimum atomic E-state index is -1.07. The minimum Gasteiger partial charge on any atom is -0.478 e. The van der Waals surface area contributed by atoms with E-state index in [0.717, 1.165) is 74.9 Å². The highest BCUT2D eigenvalue weighted by Gasteiger charge is 2.50. The van der Waals surface area contributed by atoms with Crippen LogP contribution in [0.5, 0.6) is 11.8 Å². The van der Waals surface area contributed by atoms with Crippen molar-refractivity contribution in [3.63, 3.8) is 0 Å². The van der Waals surface area contributed by atoms with Crippen LogP contribution in [0.2, 0.25) is 0 Å². The molecule has 0 amide bonds. The highest BCUT2D eigenvalue weighted by molar-refractivity contribution is 5.93. The summed E-state index contributed by atoms with van der Waals surface area (Å²) in [5.74, 6) is -4.98. The molecule has 2 aliphatic carbocycles. The van der Waals surface area contributed by atoms with E-state index in [1.807, 2.05) is 21.3 Å². The number of carbonyl (C=O) groups is 2. The van der Waals surface area contributed by atoms with E-state index >= 15 is 17.6 Å². The molecule has 14 rings (SSSR count). The maximum absolute atomic E-state index is 15.6. The molecule has 2 N–H and O–H groups in total. The van der Waals surface area contributed by atoms with Gasteiger partial charge in [0.1, 0.15) is 59.8 Å². The maximum atomic E-state index is 15.6. The zero-order valence-corrected chi connectivity index (χ0v) is 48.9.